The van der Waals surface area contributed by atoms with Gasteiger partial charge in [-0.25, -0.2) is 4.39 Å². The SMILES string of the molecule is CN(C)CCNCc1ccc(F)c(N(C)C)c1. The van der Waals surface area contributed by atoms with Crippen LogP contribution in [0.2, 0.25) is 0 Å². The van der Waals surface area contributed by atoms with E-state index < -0.39 is 0 Å². The van der Waals surface area contributed by atoms with E-state index in [-0.39, 0.29) is 5.82 Å². The first-order valence-corrected chi connectivity index (χ1v) is 5.82. The maximum atomic E-state index is 13.4. The van der Waals surface area contributed by atoms with Crippen molar-refractivity contribution < 1.29 is 4.39 Å². The lowest BCUT2D eigenvalue weighted by molar-refractivity contribution is 0.400. The van der Waals surface area contributed by atoms with Gasteiger partial charge in [-0.1, -0.05) is 6.07 Å². The van der Waals surface area contributed by atoms with Gasteiger partial charge < -0.3 is 15.1 Å². The number of hydrogen-bond donors (Lipinski definition) is 1. The minimum absolute atomic E-state index is 0.174. The molecule has 0 aliphatic rings. The van der Waals surface area contributed by atoms with Crippen LogP contribution in [0.15, 0.2) is 18.2 Å². The van der Waals surface area contributed by atoms with Crippen LogP contribution in [-0.4, -0.2) is 46.2 Å². The third kappa shape index (κ3) is 4.71. The van der Waals surface area contributed by atoms with Crippen molar-refractivity contribution in [1.29, 1.82) is 0 Å². The number of nitrogens with one attached hydrogen (secondary N) is 1. The second-order valence-electron chi connectivity index (χ2n) is 4.66. The highest BCUT2D eigenvalue weighted by atomic mass is 19.1. The molecule has 0 aliphatic carbocycles. The van der Waals surface area contributed by atoms with Gasteiger partial charge in [-0.2, -0.15) is 0 Å². The van der Waals surface area contributed by atoms with Gasteiger partial charge in [-0.05, 0) is 31.8 Å². The summed E-state index contributed by atoms with van der Waals surface area (Å²) in [6, 6.07) is 5.24. The molecular weight excluding hydrogens is 217 g/mol. The van der Waals surface area contributed by atoms with Crippen LogP contribution in [0.5, 0.6) is 0 Å². The maximum absolute atomic E-state index is 13.4. The summed E-state index contributed by atoms with van der Waals surface area (Å²) in [4.78, 5) is 3.92. The summed E-state index contributed by atoms with van der Waals surface area (Å²) in [6.07, 6.45) is 0. The van der Waals surface area contributed by atoms with Gasteiger partial charge in [0.15, 0.2) is 0 Å². The van der Waals surface area contributed by atoms with Crippen molar-refractivity contribution >= 4 is 5.69 Å². The molecule has 0 amide bonds. The van der Waals surface area contributed by atoms with E-state index >= 15 is 0 Å². The lowest BCUT2D eigenvalue weighted by Crippen LogP contribution is -2.26. The van der Waals surface area contributed by atoms with E-state index in [0.29, 0.717) is 5.69 Å². The first-order chi connectivity index (χ1) is 8.00. The molecule has 0 bridgehead atoms. The predicted molar refractivity (Wildman–Crippen MR) is 71.0 cm³/mol. The Morgan fingerprint density at radius 1 is 1.18 bits per heavy atom. The quantitative estimate of drug-likeness (QED) is 0.760. The van der Waals surface area contributed by atoms with Crippen LogP contribution in [0.4, 0.5) is 10.1 Å². The Morgan fingerprint density at radius 2 is 1.88 bits per heavy atom. The summed E-state index contributed by atoms with van der Waals surface area (Å²) < 4.78 is 13.4. The number of likely N-dealkylation sites (N-methyl/N-ethyl adjacent to an activating group) is 1. The zero-order valence-corrected chi connectivity index (χ0v) is 11.1. The summed E-state index contributed by atoms with van der Waals surface area (Å²) in [5.41, 5.74) is 1.74. The molecule has 1 rings (SSSR count). The van der Waals surface area contributed by atoms with Crippen molar-refractivity contribution in [3.63, 3.8) is 0 Å². The van der Waals surface area contributed by atoms with E-state index in [4.69, 9.17) is 0 Å². The molecule has 0 aromatic heterocycles. The van der Waals surface area contributed by atoms with E-state index in [9.17, 15) is 4.39 Å². The molecule has 1 aromatic carbocycles. The van der Waals surface area contributed by atoms with Gasteiger partial charge in [-0.3, -0.25) is 0 Å². The first kappa shape index (κ1) is 13.9. The standard InChI is InChI=1S/C13H22FN3/c1-16(2)8-7-15-10-11-5-6-12(14)13(9-11)17(3)4/h5-6,9,15H,7-8,10H2,1-4H3. The molecule has 0 unspecified atom stereocenters. The molecule has 0 saturated carbocycles. The Bertz CT molecular complexity index is 351. The second-order valence-corrected chi connectivity index (χ2v) is 4.66. The number of anilines is 1. The van der Waals surface area contributed by atoms with E-state index in [1.165, 1.54) is 6.07 Å². The molecule has 0 aliphatic heterocycles. The zero-order chi connectivity index (χ0) is 12.8. The molecule has 0 saturated heterocycles. The maximum Gasteiger partial charge on any atom is 0.146 e. The lowest BCUT2D eigenvalue weighted by Gasteiger charge is -2.15. The van der Waals surface area contributed by atoms with Crippen LogP contribution in [0.1, 0.15) is 5.56 Å². The fourth-order valence-corrected chi connectivity index (χ4v) is 1.55. The fraction of sp³-hybridized carbons (Fsp3) is 0.538. The number of halogens is 1. The fourth-order valence-electron chi connectivity index (χ4n) is 1.55. The molecule has 3 nitrogen and oxygen atoms in total. The Labute approximate surface area is 103 Å². The van der Waals surface area contributed by atoms with Crippen LogP contribution in [-0.2, 0) is 6.54 Å². The highest BCUT2D eigenvalue weighted by Gasteiger charge is 2.05. The Morgan fingerprint density at radius 3 is 2.47 bits per heavy atom. The van der Waals surface area contributed by atoms with Crippen LogP contribution in [0, 0.1) is 5.82 Å². The first-order valence-electron chi connectivity index (χ1n) is 5.82. The van der Waals surface area contributed by atoms with Crippen molar-refractivity contribution in [3.05, 3.63) is 29.6 Å². The second kappa shape index (κ2) is 6.57. The largest absolute Gasteiger partial charge is 0.375 e. The molecule has 0 heterocycles. The summed E-state index contributed by atoms with van der Waals surface area (Å²) >= 11 is 0. The molecule has 0 atom stereocenters. The van der Waals surface area contributed by atoms with Gasteiger partial charge in [0.2, 0.25) is 0 Å². The van der Waals surface area contributed by atoms with E-state index in [2.05, 4.69) is 10.2 Å². The van der Waals surface area contributed by atoms with Gasteiger partial charge in [0.25, 0.3) is 0 Å². The van der Waals surface area contributed by atoms with Crippen molar-refractivity contribution in [2.45, 2.75) is 6.54 Å². The number of hydrogen-bond acceptors (Lipinski definition) is 3. The van der Waals surface area contributed by atoms with Crippen molar-refractivity contribution in [2.75, 3.05) is 46.2 Å². The molecule has 0 fully saturated rings. The molecule has 17 heavy (non-hydrogen) atoms. The highest BCUT2D eigenvalue weighted by molar-refractivity contribution is 5.48. The highest BCUT2D eigenvalue weighted by Crippen LogP contribution is 2.18. The summed E-state index contributed by atoms with van der Waals surface area (Å²) in [7, 11) is 7.79. The van der Waals surface area contributed by atoms with Crippen LogP contribution >= 0.6 is 0 Å². The summed E-state index contributed by atoms with van der Waals surface area (Å²) in [6.45, 7) is 2.71. The van der Waals surface area contributed by atoms with E-state index in [0.717, 1.165) is 25.2 Å². The number of nitrogens with zero attached hydrogens (tertiary/aromatic N) is 2. The normalized spacial score (nSPS) is 10.9. The van der Waals surface area contributed by atoms with Gasteiger partial charge in [0.05, 0.1) is 5.69 Å². The van der Waals surface area contributed by atoms with Gasteiger partial charge in [-0.15, -0.1) is 0 Å². The monoisotopic (exact) mass is 239 g/mol. The van der Waals surface area contributed by atoms with Crippen molar-refractivity contribution in [2.24, 2.45) is 0 Å². The van der Waals surface area contributed by atoms with Crippen molar-refractivity contribution in [3.8, 4) is 0 Å². The van der Waals surface area contributed by atoms with Crippen LogP contribution < -0.4 is 10.2 Å². The zero-order valence-electron chi connectivity index (χ0n) is 11.1. The third-order valence-electron chi connectivity index (χ3n) is 2.56. The molecule has 96 valence electrons. The lowest BCUT2D eigenvalue weighted by atomic mass is 10.2. The molecule has 1 N–H and O–H groups in total. The Kier molecular flexibility index (Phi) is 5.38. The topological polar surface area (TPSA) is 18.5 Å². The molecule has 1 aromatic rings. The van der Waals surface area contributed by atoms with E-state index in [1.54, 1.807) is 4.90 Å². The van der Waals surface area contributed by atoms with Gasteiger partial charge >= 0.3 is 0 Å². The van der Waals surface area contributed by atoms with Crippen LogP contribution in [0.3, 0.4) is 0 Å². The summed E-state index contributed by atoms with van der Waals surface area (Å²) in [5.74, 6) is -0.174. The van der Waals surface area contributed by atoms with Crippen molar-refractivity contribution in [1.82, 2.24) is 10.2 Å². The molecular formula is C13H22FN3. The average molecular weight is 239 g/mol. The molecule has 0 spiro atoms. The Balaban J connectivity index is 2.51. The van der Waals surface area contributed by atoms with Gasteiger partial charge in [0, 0.05) is 33.7 Å². The smallest absolute Gasteiger partial charge is 0.146 e. The van der Waals surface area contributed by atoms with E-state index in [1.807, 2.05) is 40.3 Å². The minimum Gasteiger partial charge on any atom is -0.375 e. The Hall–Kier alpha value is -1.13. The average Bonchev–Trinajstić information content (AvgIpc) is 2.25. The number of benzene rings is 1. The van der Waals surface area contributed by atoms with Crippen LogP contribution in [0.25, 0.3) is 0 Å². The molecule has 0 radical (unpaired) electrons. The summed E-state index contributed by atoms with van der Waals surface area (Å²) in [5, 5.41) is 3.34. The van der Waals surface area contributed by atoms with Gasteiger partial charge in [0.1, 0.15) is 5.82 Å². The number of rotatable bonds is 6. The molecule has 4 heteroatoms. The third-order valence-corrected chi connectivity index (χ3v) is 2.56. The minimum atomic E-state index is -0.174. The predicted octanol–water partition coefficient (Wildman–Crippen LogP) is 1.54.